The summed E-state index contributed by atoms with van der Waals surface area (Å²) in [5, 5.41) is 16.7. The van der Waals surface area contributed by atoms with Gasteiger partial charge in [-0.25, -0.2) is 8.78 Å². The van der Waals surface area contributed by atoms with Crippen LogP contribution in [-0.4, -0.2) is 54.4 Å². The highest BCUT2D eigenvalue weighted by Crippen LogP contribution is 2.47. The van der Waals surface area contributed by atoms with Gasteiger partial charge in [-0.1, -0.05) is 11.6 Å². The van der Waals surface area contributed by atoms with Crippen molar-refractivity contribution in [1.82, 2.24) is 10.6 Å². The molecule has 2 aromatic rings. The number of rotatable bonds is 9. The number of methoxy groups -OCH3 is 1. The lowest BCUT2D eigenvalue weighted by molar-refractivity contribution is -0.137. The lowest BCUT2D eigenvalue weighted by Crippen LogP contribution is -2.70. The van der Waals surface area contributed by atoms with Crippen LogP contribution in [0.2, 0.25) is 5.02 Å². The molecule has 2 aromatic carbocycles. The fourth-order valence-corrected chi connectivity index (χ4v) is 5.02. The number of ether oxygens (including phenoxy) is 3. The standard InChI is InChI=1S/C25H27ClF2N2O6/c1-34-20-11-16(3-5-18(20)27)36-13-22(32)29-24-6-8-25(9-7-24,21(31)12-24)30-23(33)14-35-15-2-4-17(26)19(28)10-15/h2-5,10-11,21,31H,6-9,12-14H2,1H3,(H,29,32)(H,30,33)/t21-,24?,25?/m0/s1. The van der Waals surface area contributed by atoms with E-state index in [0.29, 0.717) is 31.4 Å². The molecule has 36 heavy (non-hydrogen) atoms. The number of nitrogens with one attached hydrogen (secondary N) is 2. The summed E-state index contributed by atoms with van der Waals surface area (Å²) in [6.07, 6.45) is 1.44. The maximum Gasteiger partial charge on any atom is 0.258 e. The van der Waals surface area contributed by atoms with Crippen LogP contribution in [0.4, 0.5) is 8.78 Å². The minimum absolute atomic E-state index is 0.0123. The van der Waals surface area contributed by atoms with Crippen molar-refractivity contribution in [2.75, 3.05) is 20.3 Å². The SMILES string of the molecule is COc1cc(OCC(=O)NC23CCC(NC(=O)COc4ccc(Cl)c(F)c4)(CC2)[C@@H](O)C3)ccc1F. The lowest BCUT2D eigenvalue weighted by atomic mass is 9.60. The van der Waals surface area contributed by atoms with Crippen LogP contribution in [0.3, 0.4) is 0 Å². The molecule has 5 rings (SSSR count). The van der Waals surface area contributed by atoms with Gasteiger partial charge >= 0.3 is 0 Å². The van der Waals surface area contributed by atoms with Gasteiger partial charge < -0.3 is 30.0 Å². The van der Waals surface area contributed by atoms with E-state index in [-0.39, 0.29) is 42.1 Å². The average molecular weight is 525 g/mol. The zero-order valence-corrected chi connectivity index (χ0v) is 20.4. The molecule has 11 heteroatoms. The smallest absolute Gasteiger partial charge is 0.258 e. The second kappa shape index (κ2) is 10.5. The lowest BCUT2D eigenvalue weighted by Gasteiger charge is -2.56. The summed E-state index contributed by atoms with van der Waals surface area (Å²) in [4.78, 5) is 25.1. The summed E-state index contributed by atoms with van der Waals surface area (Å²) in [6, 6.07) is 7.84. The first kappa shape index (κ1) is 26.0. The summed E-state index contributed by atoms with van der Waals surface area (Å²) < 4.78 is 42.8. The Morgan fingerprint density at radius 1 is 0.972 bits per heavy atom. The number of hydrogen-bond acceptors (Lipinski definition) is 6. The Hall–Kier alpha value is -3.11. The second-order valence-electron chi connectivity index (χ2n) is 9.20. The molecule has 0 radical (unpaired) electrons. The van der Waals surface area contributed by atoms with Crippen LogP contribution >= 0.6 is 11.6 Å². The largest absolute Gasteiger partial charge is 0.494 e. The van der Waals surface area contributed by atoms with E-state index < -0.39 is 34.7 Å². The summed E-state index contributed by atoms with van der Waals surface area (Å²) in [6.45, 7) is -0.625. The van der Waals surface area contributed by atoms with Gasteiger partial charge in [-0.15, -0.1) is 0 Å². The maximum absolute atomic E-state index is 13.6. The van der Waals surface area contributed by atoms with Crippen LogP contribution in [0.5, 0.6) is 17.2 Å². The molecule has 3 saturated carbocycles. The van der Waals surface area contributed by atoms with E-state index >= 15 is 0 Å². The summed E-state index contributed by atoms with van der Waals surface area (Å²) in [5.41, 5.74) is -1.43. The molecule has 3 fully saturated rings. The Kier molecular flexibility index (Phi) is 7.56. The third-order valence-corrected chi connectivity index (χ3v) is 7.17. The van der Waals surface area contributed by atoms with Crippen molar-refractivity contribution in [1.29, 1.82) is 0 Å². The Balaban J connectivity index is 1.28. The minimum atomic E-state index is -0.875. The highest BCUT2D eigenvalue weighted by molar-refractivity contribution is 6.30. The van der Waals surface area contributed by atoms with Gasteiger partial charge in [0.05, 0.1) is 23.8 Å². The number of hydrogen-bond donors (Lipinski definition) is 3. The van der Waals surface area contributed by atoms with E-state index in [1.165, 1.54) is 37.4 Å². The molecule has 0 unspecified atom stereocenters. The molecule has 8 nitrogen and oxygen atoms in total. The highest BCUT2D eigenvalue weighted by atomic mass is 35.5. The van der Waals surface area contributed by atoms with Crippen LogP contribution in [0.1, 0.15) is 32.1 Å². The Morgan fingerprint density at radius 3 is 2.19 bits per heavy atom. The van der Waals surface area contributed by atoms with Gasteiger partial charge in [-0.2, -0.15) is 0 Å². The molecule has 1 atom stereocenters. The quantitative estimate of drug-likeness (QED) is 0.465. The van der Waals surface area contributed by atoms with Crippen molar-refractivity contribution in [2.24, 2.45) is 0 Å². The van der Waals surface area contributed by atoms with Gasteiger partial charge in [-0.3, -0.25) is 9.59 Å². The highest BCUT2D eigenvalue weighted by Gasteiger charge is 2.55. The van der Waals surface area contributed by atoms with Crippen molar-refractivity contribution in [2.45, 2.75) is 49.3 Å². The number of halogens is 3. The predicted molar refractivity (Wildman–Crippen MR) is 126 cm³/mol. The molecule has 3 aliphatic carbocycles. The molecule has 194 valence electrons. The first-order chi connectivity index (χ1) is 17.1. The van der Waals surface area contributed by atoms with Crippen molar-refractivity contribution in [3.05, 3.63) is 53.1 Å². The van der Waals surface area contributed by atoms with Gasteiger partial charge in [0.15, 0.2) is 24.8 Å². The van der Waals surface area contributed by atoms with E-state index in [1.807, 2.05) is 0 Å². The van der Waals surface area contributed by atoms with Crippen LogP contribution < -0.4 is 24.8 Å². The molecule has 0 aliphatic heterocycles. The van der Waals surface area contributed by atoms with Gasteiger partial charge in [0.2, 0.25) is 0 Å². The van der Waals surface area contributed by atoms with E-state index in [1.54, 1.807) is 0 Å². The van der Waals surface area contributed by atoms with Crippen LogP contribution in [0.25, 0.3) is 0 Å². The molecule has 3 aliphatic rings. The summed E-state index contributed by atoms with van der Waals surface area (Å²) in [7, 11) is 1.34. The molecule has 0 saturated heterocycles. The Morgan fingerprint density at radius 2 is 1.58 bits per heavy atom. The summed E-state index contributed by atoms with van der Waals surface area (Å²) >= 11 is 5.65. The number of carbonyl (C=O) groups is 2. The topological polar surface area (TPSA) is 106 Å². The second-order valence-corrected chi connectivity index (χ2v) is 9.61. The number of amides is 2. The molecule has 0 spiro atoms. The minimum Gasteiger partial charge on any atom is -0.494 e. The van der Waals surface area contributed by atoms with Crippen molar-refractivity contribution < 1.29 is 37.7 Å². The monoisotopic (exact) mass is 524 g/mol. The number of benzene rings is 2. The predicted octanol–water partition coefficient (Wildman–Crippen LogP) is 3.13. The van der Waals surface area contributed by atoms with E-state index in [9.17, 15) is 23.5 Å². The molecule has 0 aromatic heterocycles. The fourth-order valence-electron chi connectivity index (χ4n) is 4.90. The van der Waals surface area contributed by atoms with Crippen LogP contribution in [-0.2, 0) is 9.59 Å². The summed E-state index contributed by atoms with van der Waals surface area (Å²) in [5.74, 6) is -1.52. The maximum atomic E-state index is 13.6. The third-order valence-electron chi connectivity index (χ3n) is 6.87. The van der Waals surface area contributed by atoms with Gasteiger partial charge in [-0.05, 0) is 56.4 Å². The zero-order chi connectivity index (χ0) is 25.9. The van der Waals surface area contributed by atoms with Gasteiger partial charge in [0, 0.05) is 17.7 Å². The third kappa shape index (κ3) is 5.65. The number of carbonyl (C=O) groups excluding carboxylic acids is 2. The van der Waals surface area contributed by atoms with Crippen LogP contribution in [0, 0.1) is 11.6 Å². The molecule has 0 heterocycles. The number of aliphatic hydroxyl groups is 1. The van der Waals surface area contributed by atoms with Gasteiger partial charge in [0.25, 0.3) is 11.8 Å². The first-order valence-corrected chi connectivity index (χ1v) is 11.9. The van der Waals surface area contributed by atoms with Gasteiger partial charge in [0.1, 0.15) is 17.3 Å². The van der Waals surface area contributed by atoms with Crippen molar-refractivity contribution >= 4 is 23.4 Å². The Bertz CT molecular complexity index is 1140. The zero-order valence-electron chi connectivity index (χ0n) is 19.6. The molecular formula is C25H27ClF2N2O6. The number of fused-ring (bicyclic) bond motifs is 3. The van der Waals surface area contributed by atoms with Crippen LogP contribution in [0.15, 0.2) is 36.4 Å². The van der Waals surface area contributed by atoms with E-state index in [2.05, 4.69) is 10.6 Å². The average Bonchev–Trinajstić information content (AvgIpc) is 2.85. The molecule has 2 amide bonds. The first-order valence-electron chi connectivity index (χ1n) is 11.5. The molecule has 3 N–H and O–H groups in total. The molecular weight excluding hydrogens is 498 g/mol. The van der Waals surface area contributed by atoms with Crippen molar-refractivity contribution in [3.63, 3.8) is 0 Å². The van der Waals surface area contributed by atoms with Crippen molar-refractivity contribution in [3.8, 4) is 17.2 Å². The Labute approximate surface area is 211 Å². The number of aliphatic hydroxyl groups excluding tert-OH is 1. The van der Waals surface area contributed by atoms with E-state index in [4.69, 9.17) is 25.8 Å². The normalized spacial score (nSPS) is 24.6. The fraction of sp³-hybridized carbons (Fsp3) is 0.440. The van der Waals surface area contributed by atoms with E-state index in [0.717, 1.165) is 6.07 Å². The molecule has 2 bridgehead atoms.